The quantitative estimate of drug-likeness (QED) is 0.186. The summed E-state index contributed by atoms with van der Waals surface area (Å²) in [6, 6.07) is 11.9. The molecule has 0 amide bonds. The second-order valence-corrected chi connectivity index (χ2v) is 5.54. The van der Waals surface area contributed by atoms with Crippen LogP contribution in [0, 0.1) is 10.1 Å². The number of non-ortho nitro benzene ring substituents is 1. The Morgan fingerprint density at radius 1 is 1.14 bits per heavy atom. The van der Waals surface area contributed by atoms with Gasteiger partial charge in [-0.2, -0.15) is 0 Å². The highest BCUT2D eigenvalue weighted by Crippen LogP contribution is 2.30. The standard InChI is InChI=1S/C19H24N4O4.HI/c1-4-20-19(21-13-14-6-9-16(10-7-14)23(24)25)22-15-8-11-17(27-5-2)18(12-15)26-3;/h6-12H,4-5,13H2,1-3H3,(H2,20,21,22);1H. The molecule has 0 radical (unpaired) electrons. The number of hydrogen-bond acceptors (Lipinski definition) is 5. The molecule has 0 unspecified atom stereocenters. The summed E-state index contributed by atoms with van der Waals surface area (Å²) < 4.78 is 10.9. The maximum absolute atomic E-state index is 10.7. The van der Waals surface area contributed by atoms with Crippen LogP contribution >= 0.6 is 24.0 Å². The summed E-state index contributed by atoms with van der Waals surface area (Å²) in [7, 11) is 1.59. The first-order valence-electron chi connectivity index (χ1n) is 8.66. The van der Waals surface area contributed by atoms with Crippen molar-refractivity contribution in [2.45, 2.75) is 20.4 Å². The minimum Gasteiger partial charge on any atom is -0.493 e. The molecule has 0 aromatic heterocycles. The largest absolute Gasteiger partial charge is 0.493 e. The van der Waals surface area contributed by atoms with E-state index < -0.39 is 4.92 Å². The van der Waals surface area contributed by atoms with Gasteiger partial charge < -0.3 is 20.1 Å². The highest BCUT2D eigenvalue weighted by atomic mass is 127. The first-order valence-corrected chi connectivity index (χ1v) is 8.66. The molecule has 0 aliphatic heterocycles. The molecule has 0 fully saturated rings. The van der Waals surface area contributed by atoms with E-state index in [2.05, 4.69) is 15.6 Å². The van der Waals surface area contributed by atoms with Crippen molar-refractivity contribution in [3.8, 4) is 11.5 Å². The Balaban J connectivity index is 0.00000392. The van der Waals surface area contributed by atoms with Crippen molar-refractivity contribution in [3.05, 3.63) is 58.1 Å². The molecule has 0 bridgehead atoms. The molecule has 9 heteroatoms. The number of anilines is 1. The average Bonchev–Trinajstić information content (AvgIpc) is 2.68. The number of ether oxygens (including phenoxy) is 2. The molecule has 2 aromatic rings. The molecular weight excluding hydrogens is 475 g/mol. The number of nitro groups is 1. The number of nitrogens with one attached hydrogen (secondary N) is 2. The predicted octanol–water partition coefficient (Wildman–Crippen LogP) is 4.20. The van der Waals surface area contributed by atoms with E-state index in [9.17, 15) is 10.1 Å². The van der Waals surface area contributed by atoms with Crippen molar-refractivity contribution < 1.29 is 14.4 Å². The van der Waals surface area contributed by atoms with Gasteiger partial charge in [0.1, 0.15) is 0 Å². The van der Waals surface area contributed by atoms with E-state index in [0.717, 1.165) is 11.3 Å². The minimum atomic E-state index is -0.419. The van der Waals surface area contributed by atoms with Crippen molar-refractivity contribution in [2.75, 3.05) is 25.6 Å². The fourth-order valence-corrected chi connectivity index (χ4v) is 2.36. The van der Waals surface area contributed by atoms with E-state index in [1.807, 2.05) is 32.0 Å². The van der Waals surface area contributed by atoms with E-state index in [0.29, 0.717) is 37.2 Å². The molecule has 2 aromatic carbocycles. The Kier molecular flexibility index (Phi) is 10.1. The number of hydrogen-bond donors (Lipinski definition) is 2. The number of halogens is 1. The highest BCUT2D eigenvalue weighted by molar-refractivity contribution is 14.0. The smallest absolute Gasteiger partial charge is 0.269 e. The number of methoxy groups -OCH3 is 1. The lowest BCUT2D eigenvalue weighted by Gasteiger charge is -2.14. The summed E-state index contributed by atoms with van der Waals surface area (Å²) >= 11 is 0. The summed E-state index contributed by atoms with van der Waals surface area (Å²) in [5.41, 5.74) is 1.75. The van der Waals surface area contributed by atoms with Gasteiger partial charge in [-0.3, -0.25) is 10.1 Å². The fraction of sp³-hybridized carbons (Fsp3) is 0.316. The molecule has 8 nitrogen and oxygen atoms in total. The molecule has 152 valence electrons. The van der Waals surface area contributed by atoms with E-state index in [4.69, 9.17) is 9.47 Å². The van der Waals surface area contributed by atoms with Gasteiger partial charge in [-0.25, -0.2) is 4.99 Å². The topological polar surface area (TPSA) is 98.0 Å². The second kappa shape index (κ2) is 12.0. The number of aliphatic imine (C=N–C) groups is 1. The molecule has 0 spiro atoms. The van der Waals surface area contributed by atoms with Gasteiger partial charge in [0, 0.05) is 30.4 Å². The van der Waals surface area contributed by atoms with Gasteiger partial charge in [0.25, 0.3) is 5.69 Å². The fourth-order valence-electron chi connectivity index (χ4n) is 2.36. The first kappa shape index (κ1) is 23.5. The van der Waals surface area contributed by atoms with Crippen LogP contribution in [0.1, 0.15) is 19.4 Å². The summed E-state index contributed by atoms with van der Waals surface area (Å²) in [4.78, 5) is 14.8. The summed E-state index contributed by atoms with van der Waals surface area (Å²) in [6.45, 7) is 5.53. The molecule has 0 aliphatic carbocycles. The van der Waals surface area contributed by atoms with Crippen molar-refractivity contribution in [1.82, 2.24) is 5.32 Å². The third kappa shape index (κ3) is 6.87. The molecular formula is C19H25IN4O4. The van der Waals surface area contributed by atoms with E-state index in [1.54, 1.807) is 19.2 Å². The second-order valence-electron chi connectivity index (χ2n) is 5.54. The van der Waals surface area contributed by atoms with E-state index >= 15 is 0 Å². The Morgan fingerprint density at radius 3 is 2.43 bits per heavy atom. The lowest BCUT2D eigenvalue weighted by molar-refractivity contribution is -0.384. The van der Waals surface area contributed by atoms with Gasteiger partial charge in [0.2, 0.25) is 0 Å². The zero-order valence-corrected chi connectivity index (χ0v) is 18.4. The SMILES string of the molecule is CCNC(=NCc1ccc([N+](=O)[O-])cc1)Nc1ccc(OCC)c(OC)c1.I. The lowest BCUT2D eigenvalue weighted by atomic mass is 10.2. The molecule has 2 rings (SSSR count). The maximum Gasteiger partial charge on any atom is 0.269 e. The van der Waals surface area contributed by atoms with Gasteiger partial charge in [-0.1, -0.05) is 12.1 Å². The molecule has 28 heavy (non-hydrogen) atoms. The zero-order chi connectivity index (χ0) is 19.6. The molecule has 2 N–H and O–H groups in total. The summed E-state index contributed by atoms with van der Waals surface area (Å²) in [5.74, 6) is 1.91. The third-order valence-electron chi connectivity index (χ3n) is 3.64. The first-order chi connectivity index (χ1) is 13.1. The summed E-state index contributed by atoms with van der Waals surface area (Å²) in [5, 5.41) is 17.1. The van der Waals surface area contributed by atoms with Crippen LogP contribution in [0.15, 0.2) is 47.5 Å². The molecule has 0 saturated heterocycles. The van der Waals surface area contributed by atoms with Gasteiger partial charge in [-0.15, -0.1) is 24.0 Å². The Labute approximate surface area is 181 Å². The Hall–Kier alpha value is -2.56. The third-order valence-corrected chi connectivity index (χ3v) is 3.64. The average molecular weight is 500 g/mol. The van der Waals surface area contributed by atoms with Crippen molar-refractivity contribution in [2.24, 2.45) is 4.99 Å². The van der Waals surface area contributed by atoms with Crippen molar-refractivity contribution >= 4 is 41.3 Å². The monoisotopic (exact) mass is 500 g/mol. The predicted molar refractivity (Wildman–Crippen MR) is 121 cm³/mol. The minimum absolute atomic E-state index is 0. The number of nitrogens with zero attached hydrogens (tertiary/aromatic N) is 2. The molecule has 0 atom stereocenters. The summed E-state index contributed by atoms with van der Waals surface area (Å²) in [6.07, 6.45) is 0. The van der Waals surface area contributed by atoms with Crippen LogP contribution in [-0.4, -0.2) is 31.1 Å². The molecule has 0 saturated carbocycles. The van der Waals surface area contributed by atoms with Gasteiger partial charge in [0.05, 0.1) is 25.2 Å². The van der Waals surface area contributed by atoms with Crippen LogP contribution < -0.4 is 20.1 Å². The Bertz CT molecular complexity index is 797. The van der Waals surface area contributed by atoms with Gasteiger partial charge in [-0.05, 0) is 31.5 Å². The zero-order valence-electron chi connectivity index (χ0n) is 16.1. The lowest BCUT2D eigenvalue weighted by Crippen LogP contribution is -2.30. The van der Waals surface area contributed by atoms with Crippen molar-refractivity contribution in [1.29, 1.82) is 0 Å². The highest BCUT2D eigenvalue weighted by Gasteiger charge is 2.07. The maximum atomic E-state index is 10.7. The van der Waals surface area contributed by atoms with Crippen LogP contribution in [0.5, 0.6) is 11.5 Å². The number of rotatable bonds is 8. The van der Waals surface area contributed by atoms with E-state index in [-0.39, 0.29) is 29.7 Å². The van der Waals surface area contributed by atoms with E-state index in [1.165, 1.54) is 12.1 Å². The van der Waals surface area contributed by atoms with Gasteiger partial charge >= 0.3 is 0 Å². The van der Waals surface area contributed by atoms with Crippen LogP contribution in [0.2, 0.25) is 0 Å². The van der Waals surface area contributed by atoms with Crippen molar-refractivity contribution in [3.63, 3.8) is 0 Å². The number of guanidine groups is 1. The normalized spacial score (nSPS) is 10.6. The molecule has 0 heterocycles. The van der Waals surface area contributed by atoms with Crippen LogP contribution in [0.4, 0.5) is 11.4 Å². The van der Waals surface area contributed by atoms with Crippen LogP contribution in [-0.2, 0) is 6.54 Å². The van der Waals surface area contributed by atoms with Crippen LogP contribution in [0.3, 0.4) is 0 Å². The number of nitro benzene ring substituents is 1. The molecule has 0 aliphatic rings. The number of benzene rings is 2. The van der Waals surface area contributed by atoms with Crippen LogP contribution in [0.25, 0.3) is 0 Å². The Morgan fingerprint density at radius 2 is 1.86 bits per heavy atom. The van der Waals surface area contributed by atoms with Gasteiger partial charge in [0.15, 0.2) is 17.5 Å².